The molecule has 4 rings (SSSR count). The molecule has 2 heteroatoms. The first-order chi connectivity index (χ1) is 11.9. The molecule has 0 aliphatic rings. The van der Waals surface area contributed by atoms with Crippen molar-refractivity contribution in [2.75, 3.05) is 0 Å². The standard InChI is InChI=1S/C22H18SSi/c1-4-10-19(11-5-1)24(22-16-17-23-18-22,20-12-6-2-7-13-20)21-14-8-3-9-15-21/h1-18H. The maximum atomic E-state index is 2.33. The second kappa shape index (κ2) is 6.60. The van der Waals surface area contributed by atoms with Crippen molar-refractivity contribution in [3.05, 3.63) is 108 Å². The van der Waals surface area contributed by atoms with E-state index in [0.29, 0.717) is 0 Å². The molecular weight excluding hydrogens is 324 g/mol. The second-order valence-electron chi connectivity index (χ2n) is 5.86. The minimum atomic E-state index is -2.24. The smallest absolute Gasteiger partial charge is 0.153 e. The van der Waals surface area contributed by atoms with Crippen molar-refractivity contribution in [2.45, 2.75) is 0 Å². The number of hydrogen-bond acceptors (Lipinski definition) is 1. The van der Waals surface area contributed by atoms with Crippen LogP contribution in [-0.2, 0) is 0 Å². The highest BCUT2D eigenvalue weighted by Gasteiger charge is 2.41. The van der Waals surface area contributed by atoms with Crippen LogP contribution in [0.2, 0.25) is 0 Å². The van der Waals surface area contributed by atoms with Crippen LogP contribution in [0.1, 0.15) is 0 Å². The molecule has 116 valence electrons. The van der Waals surface area contributed by atoms with Gasteiger partial charge in [0.25, 0.3) is 0 Å². The van der Waals surface area contributed by atoms with Gasteiger partial charge in [-0.2, -0.15) is 11.3 Å². The van der Waals surface area contributed by atoms with Gasteiger partial charge in [0.1, 0.15) is 0 Å². The molecule has 0 bridgehead atoms. The predicted octanol–water partition coefficient (Wildman–Crippen LogP) is 3.13. The fourth-order valence-corrected chi connectivity index (χ4v) is 9.51. The van der Waals surface area contributed by atoms with Crippen molar-refractivity contribution in [1.29, 1.82) is 0 Å². The molecular formula is C22H18SSi. The summed E-state index contributed by atoms with van der Waals surface area (Å²) in [6.45, 7) is 0. The van der Waals surface area contributed by atoms with Crippen LogP contribution in [0.15, 0.2) is 108 Å². The summed E-state index contributed by atoms with van der Waals surface area (Å²) in [7, 11) is -2.24. The molecule has 3 aromatic carbocycles. The Kier molecular flexibility index (Phi) is 4.16. The van der Waals surface area contributed by atoms with Crippen LogP contribution < -0.4 is 20.7 Å². The molecule has 0 atom stereocenters. The van der Waals surface area contributed by atoms with Gasteiger partial charge >= 0.3 is 0 Å². The molecule has 0 spiro atoms. The maximum Gasteiger partial charge on any atom is 0.180 e. The maximum absolute atomic E-state index is 2.33. The van der Waals surface area contributed by atoms with Crippen molar-refractivity contribution in [1.82, 2.24) is 0 Å². The molecule has 0 aliphatic heterocycles. The highest BCUT2D eigenvalue weighted by molar-refractivity contribution is 7.22. The number of thiophene rings is 1. The van der Waals surface area contributed by atoms with Crippen LogP contribution >= 0.6 is 11.3 Å². The summed E-state index contributed by atoms with van der Waals surface area (Å²) in [5, 5.41) is 10.3. The Labute approximate surface area is 148 Å². The van der Waals surface area contributed by atoms with Crippen molar-refractivity contribution in [3.8, 4) is 0 Å². The molecule has 24 heavy (non-hydrogen) atoms. The third-order valence-corrected chi connectivity index (χ3v) is 10.2. The Balaban J connectivity index is 2.12. The Hall–Kier alpha value is -2.42. The van der Waals surface area contributed by atoms with Gasteiger partial charge in [-0.25, -0.2) is 0 Å². The van der Waals surface area contributed by atoms with E-state index in [4.69, 9.17) is 0 Å². The third kappa shape index (κ3) is 2.44. The first-order valence-electron chi connectivity index (χ1n) is 8.11. The van der Waals surface area contributed by atoms with Crippen LogP contribution in [0.4, 0.5) is 0 Å². The molecule has 1 heterocycles. The van der Waals surface area contributed by atoms with Gasteiger partial charge in [-0.3, -0.25) is 0 Å². The van der Waals surface area contributed by atoms with E-state index >= 15 is 0 Å². The molecule has 0 saturated heterocycles. The second-order valence-corrected chi connectivity index (χ2v) is 10.4. The zero-order valence-corrected chi connectivity index (χ0v) is 15.1. The van der Waals surface area contributed by atoms with E-state index in [2.05, 4.69) is 108 Å². The van der Waals surface area contributed by atoms with Gasteiger partial charge in [-0.05, 0) is 31.5 Å². The molecule has 0 nitrogen and oxygen atoms in total. The largest absolute Gasteiger partial charge is 0.180 e. The lowest BCUT2D eigenvalue weighted by molar-refractivity contribution is 1.68. The van der Waals surface area contributed by atoms with E-state index in [1.54, 1.807) is 11.3 Å². The fourth-order valence-electron chi connectivity index (χ4n) is 3.54. The topological polar surface area (TPSA) is 0 Å². The fraction of sp³-hybridized carbons (Fsp3) is 0. The SMILES string of the molecule is c1ccc([Si](c2ccccc2)(c2ccccc2)c2ccsc2)cc1. The minimum Gasteiger partial charge on any atom is -0.153 e. The van der Waals surface area contributed by atoms with E-state index in [0.717, 1.165) is 0 Å². The summed E-state index contributed by atoms with van der Waals surface area (Å²) in [4.78, 5) is 0. The summed E-state index contributed by atoms with van der Waals surface area (Å²) >= 11 is 1.79. The van der Waals surface area contributed by atoms with Crippen LogP contribution in [-0.4, -0.2) is 8.07 Å². The highest BCUT2D eigenvalue weighted by atomic mass is 32.1. The zero-order chi connectivity index (χ0) is 16.2. The summed E-state index contributed by atoms with van der Waals surface area (Å²) in [5.74, 6) is 0. The lowest BCUT2D eigenvalue weighted by Crippen LogP contribution is -2.74. The molecule has 0 unspecified atom stereocenters. The minimum absolute atomic E-state index is 1.43. The Morgan fingerprint density at radius 2 is 0.875 bits per heavy atom. The first-order valence-corrected chi connectivity index (χ1v) is 11.1. The summed E-state index contributed by atoms with van der Waals surface area (Å²) in [6, 6.07) is 35.4. The van der Waals surface area contributed by atoms with Crippen molar-refractivity contribution < 1.29 is 0 Å². The predicted molar refractivity (Wildman–Crippen MR) is 108 cm³/mol. The van der Waals surface area contributed by atoms with Gasteiger partial charge in [0, 0.05) is 0 Å². The van der Waals surface area contributed by atoms with E-state index in [-0.39, 0.29) is 0 Å². The molecule has 0 N–H and O–H groups in total. The lowest BCUT2D eigenvalue weighted by atomic mass is 10.3. The average Bonchev–Trinajstić information content (AvgIpc) is 3.20. The number of hydrogen-bond donors (Lipinski definition) is 0. The van der Waals surface area contributed by atoms with Gasteiger partial charge in [-0.15, -0.1) is 0 Å². The van der Waals surface area contributed by atoms with E-state index in [1.807, 2.05) is 0 Å². The monoisotopic (exact) mass is 342 g/mol. The van der Waals surface area contributed by atoms with Gasteiger partial charge < -0.3 is 0 Å². The third-order valence-electron chi connectivity index (χ3n) is 4.57. The van der Waals surface area contributed by atoms with Crippen molar-refractivity contribution >= 4 is 40.2 Å². The van der Waals surface area contributed by atoms with E-state index < -0.39 is 8.07 Å². The number of rotatable bonds is 4. The van der Waals surface area contributed by atoms with E-state index in [9.17, 15) is 0 Å². The van der Waals surface area contributed by atoms with Crippen LogP contribution in [0.25, 0.3) is 0 Å². The first kappa shape index (κ1) is 15.1. The average molecular weight is 343 g/mol. The van der Waals surface area contributed by atoms with Gasteiger partial charge in [0.15, 0.2) is 8.07 Å². The summed E-state index contributed by atoms with van der Waals surface area (Å²) in [6.07, 6.45) is 0. The zero-order valence-electron chi connectivity index (χ0n) is 13.3. The normalized spacial score (nSPS) is 11.3. The molecule has 0 aliphatic carbocycles. The molecule has 0 amide bonds. The highest BCUT2D eigenvalue weighted by Crippen LogP contribution is 2.10. The molecule has 1 aromatic heterocycles. The van der Waals surface area contributed by atoms with Gasteiger partial charge in [0.05, 0.1) is 0 Å². The van der Waals surface area contributed by atoms with Gasteiger partial charge in [-0.1, -0.05) is 97.1 Å². The van der Waals surface area contributed by atoms with Crippen LogP contribution in [0.3, 0.4) is 0 Å². The Morgan fingerprint density at radius 3 is 1.21 bits per heavy atom. The summed E-state index contributed by atoms with van der Waals surface area (Å²) in [5.41, 5.74) is 0. The van der Waals surface area contributed by atoms with Crippen molar-refractivity contribution in [2.24, 2.45) is 0 Å². The molecule has 0 radical (unpaired) electrons. The lowest BCUT2D eigenvalue weighted by Gasteiger charge is -2.33. The van der Waals surface area contributed by atoms with Crippen LogP contribution in [0, 0.1) is 0 Å². The summed E-state index contributed by atoms with van der Waals surface area (Å²) < 4.78 is 0. The van der Waals surface area contributed by atoms with E-state index in [1.165, 1.54) is 20.7 Å². The van der Waals surface area contributed by atoms with Gasteiger partial charge in [0.2, 0.25) is 0 Å². The molecule has 4 aromatic rings. The van der Waals surface area contributed by atoms with Crippen molar-refractivity contribution in [3.63, 3.8) is 0 Å². The number of benzene rings is 3. The Morgan fingerprint density at radius 1 is 0.458 bits per heavy atom. The molecule has 0 saturated carbocycles. The Bertz CT molecular complexity index is 788. The molecule has 0 fully saturated rings. The van der Waals surface area contributed by atoms with Crippen LogP contribution in [0.5, 0.6) is 0 Å². The quantitative estimate of drug-likeness (QED) is 0.395.